The van der Waals surface area contributed by atoms with Crippen molar-refractivity contribution in [3.05, 3.63) is 96.2 Å². The van der Waals surface area contributed by atoms with Crippen LogP contribution in [0.15, 0.2) is 90.1 Å². The molecule has 0 amide bonds. The van der Waals surface area contributed by atoms with Crippen LogP contribution in [0.1, 0.15) is 11.3 Å². The van der Waals surface area contributed by atoms with Gasteiger partial charge in [-0.05, 0) is 28.8 Å². The normalized spacial score (nSPS) is 11.3. The Morgan fingerprint density at radius 3 is 2.65 bits per heavy atom. The highest BCUT2D eigenvalue weighted by Crippen LogP contribution is 2.27. The Balaban J connectivity index is 1.27. The van der Waals surface area contributed by atoms with Crippen LogP contribution in [0.5, 0.6) is 0 Å². The van der Waals surface area contributed by atoms with E-state index in [0.717, 1.165) is 28.5 Å². The number of aromatic nitrogens is 6. The first kappa shape index (κ1) is 20.4. The smallest absolute Gasteiger partial charge is 0.255 e. The lowest BCUT2D eigenvalue weighted by Gasteiger charge is -2.05. The summed E-state index contributed by atoms with van der Waals surface area (Å²) in [6.07, 6.45) is 0. The first-order chi connectivity index (χ1) is 16.7. The molecule has 0 bridgehead atoms. The predicted molar refractivity (Wildman–Crippen MR) is 136 cm³/mol. The molecule has 0 aliphatic carbocycles. The Bertz CT molecular complexity index is 1600. The van der Waals surface area contributed by atoms with Crippen molar-refractivity contribution in [1.29, 1.82) is 0 Å². The third kappa shape index (κ3) is 3.99. The van der Waals surface area contributed by atoms with Gasteiger partial charge in [-0.3, -0.25) is 5.10 Å². The van der Waals surface area contributed by atoms with E-state index in [1.165, 1.54) is 16.3 Å². The lowest BCUT2D eigenvalue weighted by molar-refractivity contribution is 0.881. The van der Waals surface area contributed by atoms with Crippen LogP contribution in [-0.4, -0.2) is 29.8 Å². The van der Waals surface area contributed by atoms with Gasteiger partial charge in [-0.15, -0.1) is 5.10 Å². The van der Waals surface area contributed by atoms with Gasteiger partial charge in [0.05, 0.1) is 5.69 Å². The van der Waals surface area contributed by atoms with Gasteiger partial charge in [0.2, 0.25) is 5.16 Å². The van der Waals surface area contributed by atoms with Crippen molar-refractivity contribution >= 4 is 39.9 Å². The highest BCUT2D eigenvalue weighted by molar-refractivity contribution is 7.98. The monoisotopic (exact) mass is 463 g/mol. The molecule has 34 heavy (non-hydrogen) atoms. The molecule has 7 nitrogen and oxygen atoms in total. The lowest BCUT2D eigenvalue weighted by Crippen LogP contribution is -2.02. The molecule has 6 rings (SSSR count). The summed E-state index contributed by atoms with van der Waals surface area (Å²) in [5.74, 6) is 2.80. The molecule has 0 saturated heterocycles. The van der Waals surface area contributed by atoms with E-state index in [-0.39, 0.29) is 0 Å². The summed E-state index contributed by atoms with van der Waals surface area (Å²) < 4.78 is 1.73. The fraction of sp³-hybridized carbons (Fsp3) is 0.0769. The summed E-state index contributed by atoms with van der Waals surface area (Å²) in [6, 6.07) is 28.8. The number of thioether (sulfide) groups is 1. The first-order valence-corrected chi connectivity index (χ1v) is 11.9. The highest BCUT2D eigenvalue weighted by Gasteiger charge is 2.13. The molecular formula is C26H21N7S. The van der Waals surface area contributed by atoms with E-state index in [4.69, 9.17) is 5.10 Å². The Morgan fingerprint density at radius 1 is 0.912 bits per heavy atom. The van der Waals surface area contributed by atoms with Crippen LogP contribution in [-0.2, 0) is 5.75 Å². The van der Waals surface area contributed by atoms with E-state index in [1.54, 1.807) is 16.3 Å². The molecule has 8 heteroatoms. The molecular weight excluding hydrogens is 442 g/mol. The van der Waals surface area contributed by atoms with Crippen molar-refractivity contribution in [2.75, 3.05) is 5.32 Å². The van der Waals surface area contributed by atoms with Gasteiger partial charge in [-0.1, -0.05) is 84.6 Å². The Labute approximate surface area is 200 Å². The number of hydrogen-bond donors (Lipinski definition) is 2. The van der Waals surface area contributed by atoms with Crippen molar-refractivity contribution in [3.8, 4) is 11.3 Å². The summed E-state index contributed by atoms with van der Waals surface area (Å²) in [6.45, 7) is 1.95. The van der Waals surface area contributed by atoms with Crippen LogP contribution >= 0.6 is 11.8 Å². The van der Waals surface area contributed by atoms with Gasteiger partial charge < -0.3 is 5.32 Å². The number of benzene rings is 3. The molecule has 0 spiro atoms. The van der Waals surface area contributed by atoms with Gasteiger partial charge in [-0.25, -0.2) is 4.98 Å². The van der Waals surface area contributed by atoms with Gasteiger partial charge >= 0.3 is 0 Å². The van der Waals surface area contributed by atoms with Crippen molar-refractivity contribution in [3.63, 3.8) is 0 Å². The molecule has 3 aromatic heterocycles. The third-order valence-electron chi connectivity index (χ3n) is 5.58. The zero-order chi connectivity index (χ0) is 22.9. The topological polar surface area (TPSA) is 83.8 Å². The molecule has 0 radical (unpaired) electrons. The van der Waals surface area contributed by atoms with Crippen LogP contribution in [0.4, 0.5) is 11.6 Å². The van der Waals surface area contributed by atoms with Crippen molar-refractivity contribution in [2.24, 2.45) is 0 Å². The number of nitrogens with zero attached hydrogens (tertiary/aromatic N) is 5. The lowest BCUT2D eigenvalue weighted by atomic mass is 10.1. The number of nitrogens with one attached hydrogen (secondary N) is 2. The van der Waals surface area contributed by atoms with Crippen molar-refractivity contribution < 1.29 is 0 Å². The molecule has 3 aromatic carbocycles. The summed E-state index contributed by atoms with van der Waals surface area (Å²) in [4.78, 5) is 9.22. The molecule has 0 saturated carbocycles. The largest absolute Gasteiger partial charge is 0.323 e. The Kier molecular flexibility index (Phi) is 5.20. The minimum atomic E-state index is 0.557. The van der Waals surface area contributed by atoms with E-state index in [2.05, 4.69) is 67.9 Å². The van der Waals surface area contributed by atoms with E-state index < -0.39 is 0 Å². The number of aromatic amines is 1. The SMILES string of the molecule is Cc1cc(Nc2cc(-c3ccccc3)[nH]n2)n2nc(SCc3cccc4ccccc34)nc2n1. The summed E-state index contributed by atoms with van der Waals surface area (Å²) in [5.41, 5.74) is 4.13. The van der Waals surface area contributed by atoms with E-state index in [9.17, 15) is 0 Å². The average molecular weight is 464 g/mol. The number of aryl methyl sites for hydroxylation is 1. The molecule has 2 N–H and O–H groups in total. The highest BCUT2D eigenvalue weighted by atomic mass is 32.2. The maximum atomic E-state index is 4.72. The van der Waals surface area contributed by atoms with Gasteiger partial charge in [0.25, 0.3) is 5.78 Å². The maximum Gasteiger partial charge on any atom is 0.255 e. The molecule has 0 aliphatic rings. The minimum Gasteiger partial charge on any atom is -0.323 e. The van der Waals surface area contributed by atoms with Crippen LogP contribution < -0.4 is 5.32 Å². The molecule has 0 fully saturated rings. The van der Waals surface area contributed by atoms with Crippen LogP contribution in [0.25, 0.3) is 27.8 Å². The summed E-state index contributed by atoms with van der Waals surface area (Å²) in [5, 5.41) is 18.7. The Hall–Kier alpha value is -4.17. The number of fused-ring (bicyclic) bond motifs is 2. The molecule has 6 aromatic rings. The van der Waals surface area contributed by atoms with Crippen LogP contribution in [0.3, 0.4) is 0 Å². The van der Waals surface area contributed by atoms with Gasteiger partial charge in [-0.2, -0.15) is 14.6 Å². The molecule has 3 heterocycles. The fourth-order valence-corrected chi connectivity index (χ4v) is 4.78. The van der Waals surface area contributed by atoms with Gasteiger partial charge in [0.15, 0.2) is 5.82 Å². The number of hydrogen-bond acceptors (Lipinski definition) is 6. The second kappa shape index (κ2) is 8.64. The minimum absolute atomic E-state index is 0.557. The summed E-state index contributed by atoms with van der Waals surface area (Å²) in [7, 11) is 0. The maximum absolute atomic E-state index is 4.72. The number of H-pyrrole nitrogens is 1. The average Bonchev–Trinajstić information content (AvgIpc) is 3.50. The second-order valence-corrected chi connectivity index (χ2v) is 8.92. The first-order valence-electron chi connectivity index (χ1n) is 10.9. The molecule has 166 valence electrons. The molecule has 0 unspecified atom stereocenters. The van der Waals surface area contributed by atoms with Crippen molar-refractivity contribution in [1.82, 2.24) is 29.8 Å². The quantitative estimate of drug-likeness (QED) is 0.294. The van der Waals surface area contributed by atoms with Crippen LogP contribution in [0.2, 0.25) is 0 Å². The van der Waals surface area contributed by atoms with Gasteiger partial charge in [0, 0.05) is 23.6 Å². The van der Waals surface area contributed by atoms with Crippen LogP contribution in [0, 0.1) is 6.92 Å². The van der Waals surface area contributed by atoms with E-state index >= 15 is 0 Å². The number of anilines is 2. The summed E-state index contributed by atoms with van der Waals surface area (Å²) >= 11 is 1.60. The predicted octanol–water partition coefficient (Wildman–Crippen LogP) is 6.01. The third-order valence-corrected chi connectivity index (χ3v) is 6.46. The van der Waals surface area contributed by atoms with Crippen molar-refractivity contribution in [2.45, 2.75) is 17.8 Å². The standard InChI is InChI=1S/C26H21N7S/c1-17-14-24(28-23-15-22(30-31-23)19-9-3-2-4-10-19)33-25(27-17)29-26(32-33)34-16-20-12-7-11-18-8-5-6-13-21(18)20/h2-15H,16H2,1H3,(H2,28,30,31). The Morgan fingerprint density at radius 2 is 1.74 bits per heavy atom. The van der Waals surface area contributed by atoms with E-state index in [1.807, 2.05) is 49.4 Å². The zero-order valence-corrected chi connectivity index (χ0v) is 19.3. The fourth-order valence-electron chi connectivity index (χ4n) is 3.96. The van der Waals surface area contributed by atoms with E-state index in [0.29, 0.717) is 16.8 Å². The zero-order valence-electron chi connectivity index (χ0n) is 18.4. The number of rotatable bonds is 6. The molecule has 0 aliphatic heterocycles. The molecule has 0 atom stereocenters. The van der Waals surface area contributed by atoms with Gasteiger partial charge in [0.1, 0.15) is 5.82 Å². The second-order valence-electron chi connectivity index (χ2n) is 7.97.